The normalized spacial score (nSPS) is 10.3. The molecule has 0 amide bonds. The van der Waals surface area contributed by atoms with E-state index in [4.69, 9.17) is 0 Å². The molecule has 0 bridgehead atoms. The van der Waals surface area contributed by atoms with E-state index >= 15 is 0 Å². The molecule has 0 fully saturated rings. The smallest absolute Gasteiger partial charge is 0.274 e. The van der Waals surface area contributed by atoms with Crippen LogP contribution in [0.2, 0.25) is 0 Å². The summed E-state index contributed by atoms with van der Waals surface area (Å²) >= 11 is 0. The highest BCUT2D eigenvalue weighted by Gasteiger charge is 2.13. The molecule has 0 unspecified atom stereocenters. The molecule has 0 N–H and O–H groups in total. The molecule has 0 aliphatic rings. The van der Waals surface area contributed by atoms with Gasteiger partial charge < -0.3 is 4.90 Å². The van der Waals surface area contributed by atoms with E-state index in [1.165, 1.54) is 29.2 Å². The number of hydrogen-bond acceptors (Lipinski definition) is 3. The second-order valence-electron chi connectivity index (χ2n) is 3.96. The zero-order chi connectivity index (χ0) is 14.0. The summed E-state index contributed by atoms with van der Waals surface area (Å²) in [4.78, 5) is 11.5. The zero-order valence-corrected chi connectivity index (χ0v) is 10.0. The molecule has 2 aromatic carbocycles. The third-order valence-corrected chi connectivity index (χ3v) is 2.66. The summed E-state index contributed by atoms with van der Waals surface area (Å²) in [5, 5.41) is 10.7. The fourth-order valence-electron chi connectivity index (χ4n) is 1.69. The minimum atomic E-state index is -0.715. The molecule has 0 saturated carbocycles. The third-order valence-electron chi connectivity index (χ3n) is 2.66. The molecule has 0 aromatic heterocycles. The highest BCUT2D eigenvalue weighted by Crippen LogP contribution is 2.28. The van der Waals surface area contributed by atoms with Gasteiger partial charge in [0.15, 0.2) is 0 Å². The van der Waals surface area contributed by atoms with Crippen molar-refractivity contribution in [2.45, 2.75) is 0 Å². The van der Waals surface area contributed by atoms with Crippen molar-refractivity contribution < 1.29 is 13.7 Å². The summed E-state index contributed by atoms with van der Waals surface area (Å²) in [6, 6.07) is 8.89. The predicted molar refractivity (Wildman–Crippen MR) is 67.5 cm³/mol. The molecule has 98 valence electrons. The van der Waals surface area contributed by atoms with Crippen LogP contribution in [-0.4, -0.2) is 12.0 Å². The van der Waals surface area contributed by atoms with E-state index in [1.54, 1.807) is 13.1 Å². The first-order valence-electron chi connectivity index (χ1n) is 5.41. The first-order valence-corrected chi connectivity index (χ1v) is 5.41. The van der Waals surface area contributed by atoms with Gasteiger partial charge in [0.1, 0.15) is 11.6 Å². The molecule has 6 heteroatoms. The zero-order valence-electron chi connectivity index (χ0n) is 10.0. The molecule has 4 nitrogen and oxygen atoms in total. The summed E-state index contributed by atoms with van der Waals surface area (Å²) in [6.45, 7) is 0. The van der Waals surface area contributed by atoms with E-state index in [0.29, 0.717) is 5.69 Å². The van der Waals surface area contributed by atoms with Crippen LogP contribution in [-0.2, 0) is 0 Å². The predicted octanol–water partition coefficient (Wildman–Crippen LogP) is 3.64. The molecule has 2 aromatic rings. The number of hydrogen-bond donors (Lipinski definition) is 0. The standard InChI is InChI=1S/C13H10F2N2O2/c1-16(11-4-2-3-9(14)5-11)12-6-10(15)7-13(8-12)17(18)19/h2-8H,1H3. The van der Waals surface area contributed by atoms with Crippen LogP contribution in [0.1, 0.15) is 0 Å². The Morgan fingerprint density at radius 2 is 1.74 bits per heavy atom. The van der Waals surface area contributed by atoms with E-state index in [-0.39, 0.29) is 11.4 Å². The average molecular weight is 264 g/mol. The second kappa shape index (κ2) is 5.01. The molecule has 0 aliphatic heterocycles. The van der Waals surface area contributed by atoms with Crippen LogP contribution in [0.3, 0.4) is 0 Å². The molecule has 0 aliphatic carbocycles. The van der Waals surface area contributed by atoms with E-state index in [1.807, 2.05) is 0 Å². The van der Waals surface area contributed by atoms with Gasteiger partial charge in [0, 0.05) is 18.8 Å². The summed E-state index contributed by atoms with van der Waals surface area (Å²) in [6.07, 6.45) is 0. The summed E-state index contributed by atoms with van der Waals surface area (Å²) in [5.41, 5.74) is 0.399. The van der Waals surface area contributed by atoms with Crippen LogP contribution in [0.5, 0.6) is 0 Å². The fourth-order valence-corrected chi connectivity index (χ4v) is 1.69. The molecule has 0 heterocycles. The Bertz CT molecular complexity index is 632. The Kier molecular flexibility index (Phi) is 3.41. The maximum atomic E-state index is 13.3. The summed E-state index contributed by atoms with van der Waals surface area (Å²) in [5.74, 6) is -1.15. The van der Waals surface area contributed by atoms with Gasteiger partial charge in [-0.15, -0.1) is 0 Å². The van der Waals surface area contributed by atoms with Crippen LogP contribution >= 0.6 is 0 Å². The fraction of sp³-hybridized carbons (Fsp3) is 0.0769. The van der Waals surface area contributed by atoms with Crippen LogP contribution in [0, 0.1) is 21.7 Å². The number of benzene rings is 2. The van der Waals surface area contributed by atoms with Crippen molar-refractivity contribution in [1.29, 1.82) is 0 Å². The Hall–Kier alpha value is -2.50. The van der Waals surface area contributed by atoms with Gasteiger partial charge in [-0.1, -0.05) is 6.07 Å². The lowest BCUT2D eigenvalue weighted by atomic mass is 10.2. The highest BCUT2D eigenvalue weighted by atomic mass is 19.1. The third kappa shape index (κ3) is 2.85. The van der Waals surface area contributed by atoms with Gasteiger partial charge in [-0.2, -0.15) is 0 Å². The monoisotopic (exact) mass is 264 g/mol. The van der Waals surface area contributed by atoms with Gasteiger partial charge in [0.25, 0.3) is 5.69 Å². The van der Waals surface area contributed by atoms with Crippen molar-refractivity contribution in [1.82, 2.24) is 0 Å². The van der Waals surface area contributed by atoms with Crippen molar-refractivity contribution in [2.24, 2.45) is 0 Å². The van der Waals surface area contributed by atoms with E-state index in [2.05, 4.69) is 0 Å². The Balaban J connectivity index is 2.43. The molecule has 2 rings (SSSR count). The minimum absolute atomic E-state index is 0.275. The van der Waals surface area contributed by atoms with Crippen molar-refractivity contribution >= 4 is 17.1 Å². The van der Waals surface area contributed by atoms with Crippen LogP contribution in [0.25, 0.3) is 0 Å². The Morgan fingerprint density at radius 3 is 2.37 bits per heavy atom. The number of nitro benzene ring substituents is 1. The van der Waals surface area contributed by atoms with Crippen molar-refractivity contribution in [2.75, 3.05) is 11.9 Å². The first kappa shape index (κ1) is 12.9. The summed E-state index contributed by atoms with van der Waals surface area (Å²) < 4.78 is 26.5. The highest BCUT2D eigenvalue weighted by molar-refractivity contribution is 5.64. The van der Waals surface area contributed by atoms with E-state index in [0.717, 1.165) is 12.1 Å². The van der Waals surface area contributed by atoms with Gasteiger partial charge in [0.2, 0.25) is 0 Å². The molecule has 0 saturated heterocycles. The SMILES string of the molecule is CN(c1cccc(F)c1)c1cc(F)cc([N+](=O)[O-])c1. The average Bonchev–Trinajstić information content (AvgIpc) is 2.37. The van der Waals surface area contributed by atoms with E-state index in [9.17, 15) is 18.9 Å². The van der Waals surface area contributed by atoms with E-state index < -0.39 is 16.6 Å². The lowest BCUT2D eigenvalue weighted by Crippen LogP contribution is -2.10. The quantitative estimate of drug-likeness (QED) is 0.628. The molecule has 0 spiro atoms. The number of anilines is 2. The maximum Gasteiger partial charge on any atom is 0.274 e. The number of non-ortho nitro benzene ring substituents is 1. The van der Waals surface area contributed by atoms with Crippen LogP contribution in [0.15, 0.2) is 42.5 Å². The molecular weight excluding hydrogens is 254 g/mol. The summed E-state index contributed by atoms with van der Waals surface area (Å²) in [7, 11) is 1.58. The molecular formula is C13H10F2N2O2. The van der Waals surface area contributed by atoms with Crippen molar-refractivity contribution in [3.05, 3.63) is 64.2 Å². The first-order chi connectivity index (χ1) is 8.97. The topological polar surface area (TPSA) is 46.4 Å². The lowest BCUT2D eigenvalue weighted by Gasteiger charge is -2.19. The molecule has 19 heavy (non-hydrogen) atoms. The molecule has 0 atom stereocenters. The number of halogens is 2. The minimum Gasteiger partial charge on any atom is -0.344 e. The largest absolute Gasteiger partial charge is 0.344 e. The number of nitro groups is 1. The lowest BCUT2D eigenvalue weighted by molar-refractivity contribution is -0.385. The number of rotatable bonds is 3. The van der Waals surface area contributed by atoms with Gasteiger partial charge in [0.05, 0.1) is 16.7 Å². The van der Waals surface area contributed by atoms with Gasteiger partial charge in [-0.05, 0) is 24.3 Å². The Morgan fingerprint density at radius 1 is 1.05 bits per heavy atom. The van der Waals surface area contributed by atoms with Gasteiger partial charge in [-0.3, -0.25) is 10.1 Å². The number of nitrogens with zero attached hydrogens (tertiary/aromatic N) is 2. The van der Waals surface area contributed by atoms with Gasteiger partial charge in [-0.25, -0.2) is 8.78 Å². The van der Waals surface area contributed by atoms with Gasteiger partial charge >= 0.3 is 0 Å². The maximum absolute atomic E-state index is 13.3. The van der Waals surface area contributed by atoms with Crippen molar-refractivity contribution in [3.63, 3.8) is 0 Å². The Labute approximate surface area is 108 Å². The van der Waals surface area contributed by atoms with Crippen molar-refractivity contribution in [3.8, 4) is 0 Å². The molecule has 0 radical (unpaired) electrons. The van der Waals surface area contributed by atoms with Crippen LogP contribution in [0.4, 0.5) is 25.8 Å². The van der Waals surface area contributed by atoms with Crippen LogP contribution < -0.4 is 4.90 Å². The second-order valence-corrected chi connectivity index (χ2v) is 3.96.